The smallest absolute Gasteiger partial charge is 0.226 e. The molecule has 0 aliphatic rings. The summed E-state index contributed by atoms with van der Waals surface area (Å²) in [5, 5.41) is 0. The summed E-state index contributed by atoms with van der Waals surface area (Å²) in [5.74, 6) is 0.559. The molecular weight excluding hydrogens is 224 g/mol. The van der Waals surface area contributed by atoms with Gasteiger partial charge in [-0.1, -0.05) is 24.6 Å². The highest BCUT2D eigenvalue weighted by atomic mass is 16.2. The van der Waals surface area contributed by atoms with Crippen LogP contribution in [0.25, 0.3) is 0 Å². The van der Waals surface area contributed by atoms with Gasteiger partial charge < -0.3 is 10.6 Å². The maximum absolute atomic E-state index is 12.1. The number of hydrogen-bond acceptors (Lipinski definition) is 2. The number of anilines is 1. The quantitative estimate of drug-likeness (QED) is 0.870. The second-order valence-corrected chi connectivity index (χ2v) is 5.12. The first-order valence-electron chi connectivity index (χ1n) is 6.49. The van der Waals surface area contributed by atoms with Gasteiger partial charge in [0.15, 0.2) is 0 Å². The summed E-state index contributed by atoms with van der Waals surface area (Å²) in [7, 11) is 1.84. The predicted molar refractivity (Wildman–Crippen MR) is 76.8 cm³/mol. The number of nitrogens with zero attached hydrogens (tertiary/aromatic N) is 1. The van der Waals surface area contributed by atoms with E-state index in [1.165, 1.54) is 5.56 Å². The van der Waals surface area contributed by atoms with Crippen molar-refractivity contribution < 1.29 is 4.79 Å². The van der Waals surface area contributed by atoms with Crippen LogP contribution >= 0.6 is 0 Å². The predicted octanol–water partition coefficient (Wildman–Crippen LogP) is 2.64. The van der Waals surface area contributed by atoms with Gasteiger partial charge in [0, 0.05) is 19.2 Å². The zero-order valence-corrected chi connectivity index (χ0v) is 11.9. The van der Waals surface area contributed by atoms with E-state index in [0.717, 1.165) is 17.7 Å². The fourth-order valence-corrected chi connectivity index (χ4v) is 1.97. The average Bonchev–Trinajstić information content (AvgIpc) is 2.34. The Morgan fingerprint density at radius 1 is 1.39 bits per heavy atom. The van der Waals surface area contributed by atoms with E-state index < -0.39 is 0 Å². The third-order valence-corrected chi connectivity index (χ3v) is 3.34. The van der Waals surface area contributed by atoms with Crippen LogP contribution in [0, 0.1) is 19.8 Å². The number of hydrogen-bond donors (Lipinski definition) is 1. The van der Waals surface area contributed by atoms with Crippen LogP contribution in [-0.4, -0.2) is 19.5 Å². The Labute approximate surface area is 110 Å². The van der Waals surface area contributed by atoms with Crippen LogP contribution in [0.3, 0.4) is 0 Å². The zero-order valence-electron chi connectivity index (χ0n) is 11.9. The Hall–Kier alpha value is -1.35. The number of aryl methyl sites for hydroxylation is 2. The summed E-state index contributed by atoms with van der Waals surface area (Å²) < 4.78 is 0. The van der Waals surface area contributed by atoms with Gasteiger partial charge >= 0.3 is 0 Å². The maximum atomic E-state index is 12.1. The van der Waals surface area contributed by atoms with Crippen molar-refractivity contribution in [2.75, 3.05) is 18.5 Å². The van der Waals surface area contributed by atoms with E-state index in [2.05, 4.69) is 19.9 Å². The van der Waals surface area contributed by atoms with Crippen molar-refractivity contribution >= 4 is 11.6 Å². The Morgan fingerprint density at radius 3 is 2.61 bits per heavy atom. The molecule has 0 aromatic heterocycles. The number of rotatable bonds is 5. The molecular formula is C15H24N2O. The number of benzene rings is 1. The number of carbonyl (C=O) groups excluding carboxylic acids is 1. The van der Waals surface area contributed by atoms with E-state index in [9.17, 15) is 4.79 Å². The molecule has 0 bridgehead atoms. The average molecular weight is 248 g/mol. The molecule has 0 radical (unpaired) electrons. The minimum Gasteiger partial charge on any atom is -0.330 e. The Morgan fingerprint density at radius 2 is 2.06 bits per heavy atom. The SMILES string of the molecule is Cc1ccc(N(C)C(=O)CCC(C)CN)c(C)c1. The summed E-state index contributed by atoms with van der Waals surface area (Å²) in [6, 6.07) is 6.14. The molecule has 1 aromatic rings. The number of amides is 1. The molecule has 0 spiro atoms. The van der Waals surface area contributed by atoms with Crippen molar-refractivity contribution in [1.82, 2.24) is 0 Å². The lowest BCUT2D eigenvalue weighted by Crippen LogP contribution is -2.27. The van der Waals surface area contributed by atoms with Gasteiger partial charge in [-0.25, -0.2) is 0 Å². The molecule has 18 heavy (non-hydrogen) atoms. The van der Waals surface area contributed by atoms with Crippen molar-refractivity contribution in [2.24, 2.45) is 11.7 Å². The van der Waals surface area contributed by atoms with E-state index in [0.29, 0.717) is 18.9 Å². The molecule has 1 atom stereocenters. The van der Waals surface area contributed by atoms with E-state index in [1.807, 2.05) is 26.1 Å². The van der Waals surface area contributed by atoms with Gasteiger partial charge in [0.1, 0.15) is 0 Å². The molecule has 1 amide bonds. The van der Waals surface area contributed by atoms with Crippen LogP contribution in [0.15, 0.2) is 18.2 Å². The highest BCUT2D eigenvalue weighted by molar-refractivity contribution is 5.93. The monoisotopic (exact) mass is 248 g/mol. The number of nitrogens with two attached hydrogens (primary N) is 1. The van der Waals surface area contributed by atoms with E-state index >= 15 is 0 Å². The van der Waals surface area contributed by atoms with Crippen LogP contribution < -0.4 is 10.6 Å². The molecule has 3 nitrogen and oxygen atoms in total. The van der Waals surface area contributed by atoms with Gasteiger partial charge in [-0.05, 0) is 44.4 Å². The first kappa shape index (κ1) is 14.7. The fourth-order valence-electron chi connectivity index (χ4n) is 1.97. The Balaban J connectivity index is 2.68. The highest BCUT2D eigenvalue weighted by Crippen LogP contribution is 2.21. The molecule has 100 valence electrons. The second kappa shape index (κ2) is 6.55. The van der Waals surface area contributed by atoms with E-state index in [1.54, 1.807) is 4.90 Å². The Bertz CT molecular complexity index is 415. The first-order valence-corrected chi connectivity index (χ1v) is 6.49. The lowest BCUT2D eigenvalue weighted by Gasteiger charge is -2.20. The molecule has 0 heterocycles. The van der Waals surface area contributed by atoms with Crippen molar-refractivity contribution in [3.63, 3.8) is 0 Å². The summed E-state index contributed by atoms with van der Waals surface area (Å²) in [5.41, 5.74) is 8.91. The molecule has 0 fully saturated rings. The van der Waals surface area contributed by atoms with Crippen molar-refractivity contribution in [1.29, 1.82) is 0 Å². The summed E-state index contributed by atoms with van der Waals surface area (Å²) >= 11 is 0. The molecule has 1 unspecified atom stereocenters. The first-order chi connectivity index (χ1) is 8.45. The van der Waals surface area contributed by atoms with Gasteiger partial charge in [0.25, 0.3) is 0 Å². The van der Waals surface area contributed by atoms with Crippen LogP contribution in [0.4, 0.5) is 5.69 Å². The van der Waals surface area contributed by atoms with Gasteiger partial charge in [0.05, 0.1) is 0 Å². The molecule has 0 saturated carbocycles. The largest absolute Gasteiger partial charge is 0.330 e. The molecule has 1 aromatic carbocycles. The van der Waals surface area contributed by atoms with Crippen LogP contribution in [0.1, 0.15) is 30.9 Å². The summed E-state index contributed by atoms with van der Waals surface area (Å²) in [6.07, 6.45) is 1.41. The molecule has 0 saturated heterocycles. The standard InChI is InChI=1S/C15H24N2O/c1-11-5-7-14(13(3)9-11)17(4)15(18)8-6-12(2)10-16/h5,7,9,12H,6,8,10,16H2,1-4H3. The van der Waals surface area contributed by atoms with Gasteiger partial charge in [-0.3, -0.25) is 4.79 Å². The van der Waals surface area contributed by atoms with Crippen LogP contribution in [0.2, 0.25) is 0 Å². The summed E-state index contributed by atoms with van der Waals surface area (Å²) in [6.45, 7) is 6.81. The molecule has 1 rings (SSSR count). The van der Waals surface area contributed by atoms with Gasteiger partial charge in [-0.2, -0.15) is 0 Å². The lowest BCUT2D eigenvalue weighted by atomic mass is 10.0. The second-order valence-electron chi connectivity index (χ2n) is 5.12. The van der Waals surface area contributed by atoms with E-state index in [4.69, 9.17) is 5.73 Å². The van der Waals surface area contributed by atoms with Gasteiger partial charge in [-0.15, -0.1) is 0 Å². The van der Waals surface area contributed by atoms with Crippen LogP contribution in [-0.2, 0) is 4.79 Å². The van der Waals surface area contributed by atoms with Crippen molar-refractivity contribution in [3.05, 3.63) is 29.3 Å². The zero-order chi connectivity index (χ0) is 13.7. The molecule has 0 aliphatic carbocycles. The normalized spacial score (nSPS) is 12.3. The lowest BCUT2D eigenvalue weighted by molar-refractivity contribution is -0.118. The minimum atomic E-state index is 0.155. The molecule has 2 N–H and O–H groups in total. The number of carbonyl (C=O) groups is 1. The van der Waals surface area contributed by atoms with Crippen molar-refractivity contribution in [2.45, 2.75) is 33.6 Å². The van der Waals surface area contributed by atoms with Gasteiger partial charge in [0.2, 0.25) is 5.91 Å². The summed E-state index contributed by atoms with van der Waals surface area (Å²) in [4.78, 5) is 13.8. The minimum absolute atomic E-state index is 0.155. The Kier molecular flexibility index (Phi) is 5.35. The van der Waals surface area contributed by atoms with Crippen molar-refractivity contribution in [3.8, 4) is 0 Å². The maximum Gasteiger partial charge on any atom is 0.226 e. The third-order valence-electron chi connectivity index (χ3n) is 3.34. The van der Waals surface area contributed by atoms with Crippen LogP contribution in [0.5, 0.6) is 0 Å². The fraction of sp³-hybridized carbons (Fsp3) is 0.533. The third kappa shape index (κ3) is 3.84. The highest BCUT2D eigenvalue weighted by Gasteiger charge is 2.13. The molecule has 3 heteroatoms. The van der Waals surface area contributed by atoms with E-state index in [-0.39, 0.29) is 5.91 Å². The topological polar surface area (TPSA) is 46.3 Å². The molecule has 0 aliphatic heterocycles.